The van der Waals surface area contributed by atoms with Crippen LogP contribution < -0.4 is 9.47 Å². The van der Waals surface area contributed by atoms with Gasteiger partial charge in [0.15, 0.2) is 17.3 Å². The lowest BCUT2D eigenvalue weighted by Crippen LogP contribution is -2.50. The van der Waals surface area contributed by atoms with Crippen LogP contribution in [0.4, 0.5) is 0 Å². The fourth-order valence-corrected chi connectivity index (χ4v) is 7.91. The van der Waals surface area contributed by atoms with Gasteiger partial charge in [-0.15, -0.1) is 0 Å². The monoisotopic (exact) mass is 408 g/mol. The summed E-state index contributed by atoms with van der Waals surface area (Å²) in [5.41, 5.74) is 2.72. The Hall–Kier alpha value is -1.81. The summed E-state index contributed by atoms with van der Waals surface area (Å²) in [7, 11) is 0. The summed E-state index contributed by atoms with van der Waals surface area (Å²) < 4.78 is 11.7. The third-order valence-electron chi connectivity index (χ3n) is 9.24. The van der Waals surface area contributed by atoms with E-state index in [0.29, 0.717) is 55.0 Å². The minimum Gasteiger partial charge on any atom is -0.486 e. The van der Waals surface area contributed by atoms with E-state index in [-0.39, 0.29) is 11.5 Å². The highest BCUT2D eigenvalue weighted by Gasteiger charge is 2.59. The number of aliphatic hydroxyl groups excluding tert-OH is 1. The van der Waals surface area contributed by atoms with Gasteiger partial charge >= 0.3 is 0 Å². The molecule has 4 heteroatoms. The van der Waals surface area contributed by atoms with Gasteiger partial charge in [-0.1, -0.05) is 18.6 Å². The van der Waals surface area contributed by atoms with Crippen LogP contribution in [0.3, 0.4) is 0 Å². The summed E-state index contributed by atoms with van der Waals surface area (Å²) in [4.78, 5) is 12.1. The summed E-state index contributed by atoms with van der Waals surface area (Å²) in [6.45, 7) is 3.55. The summed E-state index contributed by atoms with van der Waals surface area (Å²) in [5, 5.41) is 11.0. The first-order valence-corrected chi connectivity index (χ1v) is 11.9. The van der Waals surface area contributed by atoms with E-state index in [2.05, 4.69) is 25.1 Å². The number of hydrogen-bond donors (Lipinski definition) is 1. The maximum absolute atomic E-state index is 12.1. The molecule has 160 valence electrons. The molecule has 7 atom stereocenters. The lowest BCUT2D eigenvalue weighted by Gasteiger charge is -2.57. The number of hydrogen-bond acceptors (Lipinski definition) is 4. The van der Waals surface area contributed by atoms with E-state index in [1.807, 2.05) is 6.08 Å². The predicted molar refractivity (Wildman–Crippen MR) is 114 cm³/mol. The van der Waals surface area contributed by atoms with Gasteiger partial charge in [0.1, 0.15) is 13.2 Å². The van der Waals surface area contributed by atoms with Gasteiger partial charge < -0.3 is 14.6 Å². The topological polar surface area (TPSA) is 55.8 Å². The van der Waals surface area contributed by atoms with Crippen molar-refractivity contribution in [2.45, 2.75) is 63.9 Å². The largest absolute Gasteiger partial charge is 0.486 e. The van der Waals surface area contributed by atoms with Crippen LogP contribution in [0.1, 0.15) is 63.4 Å². The number of ether oxygens (including phenoxy) is 2. The average molecular weight is 409 g/mol. The van der Waals surface area contributed by atoms with Crippen LogP contribution in [0.2, 0.25) is 0 Å². The second-order valence-electron chi connectivity index (χ2n) is 10.5. The summed E-state index contributed by atoms with van der Waals surface area (Å²) in [6, 6.07) is 6.50. The first kappa shape index (κ1) is 18.9. The van der Waals surface area contributed by atoms with Gasteiger partial charge in [-0.25, -0.2) is 0 Å². The molecule has 0 amide bonds. The molecule has 1 heterocycles. The van der Waals surface area contributed by atoms with Crippen molar-refractivity contribution >= 4 is 5.78 Å². The summed E-state index contributed by atoms with van der Waals surface area (Å²) in [6.07, 6.45) is 8.80. The van der Waals surface area contributed by atoms with Gasteiger partial charge in [-0.05, 0) is 97.3 Å². The van der Waals surface area contributed by atoms with E-state index >= 15 is 0 Å². The molecule has 0 bridgehead atoms. The van der Waals surface area contributed by atoms with E-state index in [9.17, 15) is 9.90 Å². The lowest BCUT2D eigenvalue weighted by molar-refractivity contribution is -0.116. The Morgan fingerprint density at radius 1 is 1.00 bits per heavy atom. The van der Waals surface area contributed by atoms with E-state index in [1.165, 1.54) is 11.1 Å². The fourth-order valence-electron chi connectivity index (χ4n) is 7.91. The number of carbonyl (C=O) groups is 1. The number of fused-ring (bicyclic) bond motifs is 6. The van der Waals surface area contributed by atoms with E-state index in [4.69, 9.17) is 9.47 Å². The molecule has 1 aliphatic heterocycles. The first-order valence-electron chi connectivity index (χ1n) is 11.9. The highest BCUT2D eigenvalue weighted by atomic mass is 16.6. The molecule has 1 N–H and O–H groups in total. The van der Waals surface area contributed by atoms with Gasteiger partial charge in [0.05, 0.1) is 6.10 Å². The molecule has 0 radical (unpaired) electrons. The van der Waals surface area contributed by atoms with Crippen LogP contribution in [-0.4, -0.2) is 30.2 Å². The standard InChI is InChI=1S/C26H32O4/c1-26-14-20(16-3-8-22-23(13-16)30-11-10-29-22)25-18-6-4-17(27)12-15(18)2-5-19(25)21(26)7-9-24(26)28/h3,8,12-13,18-21,24-25,28H,2,4-7,9-11,14H2,1H3. The molecule has 0 spiro atoms. The molecule has 4 aliphatic carbocycles. The van der Waals surface area contributed by atoms with E-state index < -0.39 is 0 Å². The number of ketones is 1. The molecule has 0 saturated heterocycles. The van der Waals surface area contributed by atoms with Crippen LogP contribution >= 0.6 is 0 Å². The van der Waals surface area contributed by atoms with Crippen LogP contribution in [0.5, 0.6) is 11.5 Å². The van der Waals surface area contributed by atoms with Gasteiger partial charge in [0.25, 0.3) is 0 Å². The van der Waals surface area contributed by atoms with Crippen molar-refractivity contribution < 1.29 is 19.4 Å². The van der Waals surface area contributed by atoms with Crippen LogP contribution in [0.25, 0.3) is 0 Å². The zero-order valence-corrected chi connectivity index (χ0v) is 17.8. The molecule has 5 aliphatic rings. The highest BCUT2D eigenvalue weighted by Crippen LogP contribution is 2.65. The molecule has 4 nitrogen and oxygen atoms in total. The maximum atomic E-state index is 12.1. The van der Waals surface area contributed by atoms with E-state index in [1.54, 1.807) is 0 Å². The molecule has 0 aromatic heterocycles. The number of aliphatic hydroxyl groups is 1. The van der Waals surface area contributed by atoms with Crippen molar-refractivity contribution in [2.24, 2.45) is 29.1 Å². The molecule has 1 aromatic rings. The first-order chi connectivity index (χ1) is 14.5. The van der Waals surface area contributed by atoms with Gasteiger partial charge in [0, 0.05) is 6.42 Å². The number of rotatable bonds is 1. The minimum atomic E-state index is -0.201. The van der Waals surface area contributed by atoms with Gasteiger partial charge in [-0.2, -0.15) is 0 Å². The molecule has 30 heavy (non-hydrogen) atoms. The Morgan fingerprint density at radius 3 is 2.70 bits per heavy atom. The highest BCUT2D eigenvalue weighted by molar-refractivity contribution is 5.91. The Labute approximate surface area is 178 Å². The number of carbonyl (C=O) groups excluding carboxylic acids is 1. The van der Waals surface area contributed by atoms with Crippen LogP contribution in [0.15, 0.2) is 29.8 Å². The lowest BCUT2D eigenvalue weighted by atomic mass is 9.48. The van der Waals surface area contributed by atoms with Gasteiger partial charge in [0.2, 0.25) is 0 Å². The van der Waals surface area contributed by atoms with Crippen molar-refractivity contribution in [3.05, 3.63) is 35.4 Å². The quantitative estimate of drug-likeness (QED) is 0.735. The molecular weight excluding hydrogens is 376 g/mol. The van der Waals surface area contributed by atoms with Crippen molar-refractivity contribution in [3.63, 3.8) is 0 Å². The van der Waals surface area contributed by atoms with Crippen molar-refractivity contribution in [3.8, 4) is 11.5 Å². The molecule has 3 saturated carbocycles. The Kier molecular flexibility index (Phi) is 4.32. The zero-order valence-electron chi connectivity index (χ0n) is 17.8. The number of allylic oxidation sites excluding steroid dienone is 1. The second-order valence-corrected chi connectivity index (χ2v) is 10.5. The van der Waals surface area contributed by atoms with Crippen LogP contribution in [-0.2, 0) is 4.79 Å². The third kappa shape index (κ3) is 2.72. The summed E-state index contributed by atoms with van der Waals surface area (Å²) in [5.74, 6) is 4.72. The average Bonchev–Trinajstić information content (AvgIpc) is 3.06. The molecular formula is C26H32O4. The maximum Gasteiger partial charge on any atom is 0.161 e. The zero-order chi connectivity index (χ0) is 20.5. The van der Waals surface area contributed by atoms with Gasteiger partial charge in [-0.3, -0.25) is 4.79 Å². The predicted octanol–water partition coefficient (Wildman–Crippen LogP) is 4.65. The second kappa shape index (κ2) is 6.85. The normalized spacial score (nSPS) is 42.1. The number of benzene rings is 1. The van der Waals surface area contributed by atoms with Crippen molar-refractivity contribution in [1.82, 2.24) is 0 Å². The third-order valence-corrected chi connectivity index (χ3v) is 9.24. The van der Waals surface area contributed by atoms with Crippen molar-refractivity contribution in [2.75, 3.05) is 13.2 Å². The van der Waals surface area contributed by atoms with Crippen LogP contribution in [0, 0.1) is 29.1 Å². The molecule has 7 unspecified atom stereocenters. The molecule has 3 fully saturated rings. The SMILES string of the molecule is CC12CC(c3ccc4c(c3)OCCO4)C3C4CCC(=O)C=C4CCC3C1CCC2O. The fraction of sp³-hybridized carbons (Fsp3) is 0.654. The van der Waals surface area contributed by atoms with E-state index in [0.717, 1.165) is 50.0 Å². The Balaban J connectivity index is 1.44. The van der Waals surface area contributed by atoms with Crippen molar-refractivity contribution in [1.29, 1.82) is 0 Å². The Bertz CT molecular complexity index is 904. The smallest absolute Gasteiger partial charge is 0.161 e. The Morgan fingerprint density at radius 2 is 1.83 bits per heavy atom. The molecule has 6 rings (SSSR count). The minimum absolute atomic E-state index is 0.00913. The molecule has 1 aromatic carbocycles. The summed E-state index contributed by atoms with van der Waals surface area (Å²) >= 11 is 0.